The van der Waals surface area contributed by atoms with Gasteiger partial charge in [0.1, 0.15) is 18.2 Å². The lowest BCUT2D eigenvalue weighted by molar-refractivity contribution is -0.136. The van der Waals surface area contributed by atoms with Gasteiger partial charge in [-0.3, -0.25) is 4.79 Å². The molecule has 0 bridgehead atoms. The molecule has 0 aromatic heterocycles. The molecule has 1 atom stereocenters. The summed E-state index contributed by atoms with van der Waals surface area (Å²) < 4.78 is 20.7. The lowest BCUT2D eigenvalue weighted by Gasteiger charge is -2.14. The molecule has 4 N–H and O–H groups in total. The molecule has 0 radical (unpaired) electrons. The molecule has 29 heavy (non-hydrogen) atoms. The van der Waals surface area contributed by atoms with Gasteiger partial charge in [0.2, 0.25) is 0 Å². The van der Waals surface area contributed by atoms with E-state index in [0.29, 0.717) is 22.4 Å². The maximum Gasteiger partial charge on any atom is 0.307 e. The predicted molar refractivity (Wildman–Crippen MR) is 108 cm³/mol. The smallest absolute Gasteiger partial charge is 0.307 e. The van der Waals surface area contributed by atoms with Gasteiger partial charge >= 0.3 is 5.97 Å². The van der Waals surface area contributed by atoms with Crippen molar-refractivity contribution in [2.45, 2.75) is 19.1 Å². The number of carbonyl (C=O) groups is 1. The summed E-state index contributed by atoms with van der Waals surface area (Å²) in [6, 6.07) is 18.4. The van der Waals surface area contributed by atoms with E-state index in [1.165, 1.54) is 0 Å². The number of hydrogen-bond acceptors (Lipinski definition) is 4. The van der Waals surface area contributed by atoms with Gasteiger partial charge in [-0.1, -0.05) is 54.6 Å². The molecule has 0 saturated carbocycles. The van der Waals surface area contributed by atoms with Gasteiger partial charge in [-0.15, -0.1) is 0 Å². The highest BCUT2D eigenvalue weighted by molar-refractivity contribution is 5.71. The molecule has 150 valence electrons. The van der Waals surface area contributed by atoms with Crippen molar-refractivity contribution in [3.63, 3.8) is 0 Å². The monoisotopic (exact) mass is 395 g/mol. The Bertz CT molecular complexity index is 1010. The zero-order valence-electron chi connectivity index (χ0n) is 15.7. The minimum absolute atomic E-state index is 0.126. The van der Waals surface area contributed by atoms with E-state index in [2.05, 4.69) is 0 Å². The number of halogens is 1. The quantitative estimate of drug-likeness (QED) is 0.541. The van der Waals surface area contributed by atoms with Crippen molar-refractivity contribution in [3.8, 4) is 16.9 Å². The molecule has 3 aromatic carbocycles. The van der Waals surface area contributed by atoms with Gasteiger partial charge in [0.05, 0.1) is 19.1 Å². The van der Waals surface area contributed by atoms with E-state index in [1.807, 2.05) is 12.1 Å². The third-order valence-electron chi connectivity index (χ3n) is 4.57. The number of aliphatic hydroxyl groups excluding tert-OH is 1. The van der Waals surface area contributed by atoms with Crippen molar-refractivity contribution in [1.82, 2.24) is 0 Å². The van der Waals surface area contributed by atoms with Crippen molar-refractivity contribution in [1.29, 1.82) is 0 Å². The molecule has 0 aliphatic heterocycles. The Morgan fingerprint density at radius 2 is 1.83 bits per heavy atom. The summed E-state index contributed by atoms with van der Waals surface area (Å²) in [5.74, 6) is -0.888. The standard InChI is InChI=1S/C23H22FNO4/c24-23-18(8-4-9-19(23)20(25)13-26)16-7-3-5-15(11-16)14-29-21-10-2-1-6-17(21)12-22(27)28/h1-11,20,26H,12-14,25H2,(H,27,28)/t20-/m1/s1. The highest BCUT2D eigenvalue weighted by Gasteiger charge is 2.15. The van der Waals surface area contributed by atoms with Crippen LogP contribution in [0.2, 0.25) is 0 Å². The number of para-hydroxylation sites is 1. The number of hydrogen-bond donors (Lipinski definition) is 3. The summed E-state index contributed by atoms with van der Waals surface area (Å²) in [6.45, 7) is -0.133. The summed E-state index contributed by atoms with van der Waals surface area (Å²) in [5.41, 5.74) is 8.49. The molecular weight excluding hydrogens is 373 g/mol. The molecule has 0 amide bonds. The van der Waals surface area contributed by atoms with Crippen molar-refractivity contribution < 1.29 is 24.1 Å². The normalized spacial score (nSPS) is 11.8. The number of carboxylic acids is 1. The Hall–Kier alpha value is -3.22. The zero-order valence-corrected chi connectivity index (χ0v) is 15.7. The Morgan fingerprint density at radius 1 is 1.07 bits per heavy atom. The second-order valence-corrected chi connectivity index (χ2v) is 6.67. The summed E-state index contributed by atoms with van der Waals surface area (Å²) in [6.07, 6.45) is -0.126. The number of aliphatic carboxylic acids is 1. The first-order valence-electron chi connectivity index (χ1n) is 9.16. The largest absolute Gasteiger partial charge is 0.489 e. The maximum atomic E-state index is 14.9. The lowest BCUT2D eigenvalue weighted by Crippen LogP contribution is -2.16. The zero-order chi connectivity index (χ0) is 20.8. The van der Waals surface area contributed by atoms with Crippen LogP contribution in [0.4, 0.5) is 4.39 Å². The van der Waals surface area contributed by atoms with Crippen LogP contribution >= 0.6 is 0 Å². The first-order chi connectivity index (χ1) is 14.0. The first kappa shape index (κ1) is 20.5. The molecule has 5 nitrogen and oxygen atoms in total. The minimum atomic E-state index is -0.931. The van der Waals surface area contributed by atoms with Gasteiger partial charge in [0.25, 0.3) is 0 Å². The van der Waals surface area contributed by atoms with Crippen molar-refractivity contribution in [3.05, 3.63) is 89.2 Å². The van der Waals surface area contributed by atoms with Gasteiger partial charge < -0.3 is 20.7 Å². The topological polar surface area (TPSA) is 92.8 Å². The van der Waals surface area contributed by atoms with Crippen LogP contribution in [-0.2, 0) is 17.8 Å². The van der Waals surface area contributed by atoms with E-state index in [0.717, 1.165) is 5.56 Å². The number of aliphatic hydroxyl groups is 1. The van der Waals surface area contributed by atoms with E-state index < -0.39 is 17.8 Å². The van der Waals surface area contributed by atoms with E-state index in [4.69, 9.17) is 15.6 Å². The number of benzene rings is 3. The first-order valence-corrected chi connectivity index (χ1v) is 9.16. The van der Waals surface area contributed by atoms with Gasteiger partial charge in [-0.2, -0.15) is 0 Å². The van der Waals surface area contributed by atoms with E-state index in [9.17, 15) is 14.3 Å². The van der Waals surface area contributed by atoms with Gasteiger partial charge in [0.15, 0.2) is 0 Å². The molecule has 0 fully saturated rings. The van der Waals surface area contributed by atoms with E-state index in [1.54, 1.807) is 54.6 Å². The van der Waals surface area contributed by atoms with E-state index >= 15 is 0 Å². The number of rotatable bonds is 8. The number of ether oxygens (including phenoxy) is 1. The third-order valence-corrected chi connectivity index (χ3v) is 4.57. The second kappa shape index (κ2) is 9.32. The summed E-state index contributed by atoms with van der Waals surface area (Å²) >= 11 is 0. The van der Waals surface area contributed by atoms with Gasteiger partial charge in [0, 0.05) is 16.7 Å². The molecule has 6 heteroatoms. The molecule has 0 spiro atoms. The molecular formula is C23H22FNO4. The molecule has 0 aliphatic rings. The molecule has 3 aromatic rings. The summed E-state index contributed by atoms with van der Waals surface area (Å²) in [4.78, 5) is 11.0. The Morgan fingerprint density at radius 3 is 2.59 bits per heavy atom. The van der Waals surface area contributed by atoms with Crippen LogP contribution in [0.1, 0.15) is 22.7 Å². The van der Waals surface area contributed by atoms with Crippen LogP contribution < -0.4 is 10.5 Å². The molecule has 0 unspecified atom stereocenters. The fraction of sp³-hybridized carbons (Fsp3) is 0.174. The average Bonchev–Trinajstić information content (AvgIpc) is 2.72. The highest BCUT2D eigenvalue weighted by Crippen LogP contribution is 2.28. The van der Waals surface area contributed by atoms with Crippen molar-refractivity contribution in [2.75, 3.05) is 6.61 Å². The Balaban J connectivity index is 1.82. The molecule has 0 saturated heterocycles. The Kier molecular flexibility index (Phi) is 6.59. The fourth-order valence-corrected chi connectivity index (χ4v) is 3.10. The van der Waals surface area contributed by atoms with E-state index in [-0.39, 0.29) is 25.2 Å². The van der Waals surface area contributed by atoms with Crippen LogP contribution in [-0.4, -0.2) is 22.8 Å². The van der Waals surface area contributed by atoms with Gasteiger partial charge in [-0.05, 0) is 23.3 Å². The SMILES string of the molecule is N[C@H](CO)c1cccc(-c2cccc(COc3ccccc3CC(=O)O)c2)c1F. The molecule has 0 aliphatic carbocycles. The average molecular weight is 395 g/mol. The molecule has 3 rings (SSSR count). The van der Waals surface area contributed by atoms with Crippen molar-refractivity contribution >= 4 is 5.97 Å². The maximum absolute atomic E-state index is 14.9. The second-order valence-electron chi connectivity index (χ2n) is 6.67. The Labute approximate surface area is 168 Å². The van der Waals surface area contributed by atoms with Crippen molar-refractivity contribution in [2.24, 2.45) is 5.73 Å². The number of nitrogens with two attached hydrogens (primary N) is 1. The van der Waals surface area contributed by atoms with Crippen LogP contribution in [0.3, 0.4) is 0 Å². The third kappa shape index (κ3) is 4.99. The molecule has 0 heterocycles. The van der Waals surface area contributed by atoms with Crippen LogP contribution in [0, 0.1) is 5.82 Å². The summed E-state index contributed by atoms with van der Waals surface area (Å²) in [5, 5.41) is 18.3. The van der Waals surface area contributed by atoms with Gasteiger partial charge in [-0.25, -0.2) is 4.39 Å². The van der Waals surface area contributed by atoms with Crippen LogP contribution in [0.5, 0.6) is 5.75 Å². The summed E-state index contributed by atoms with van der Waals surface area (Å²) in [7, 11) is 0. The fourth-order valence-electron chi connectivity index (χ4n) is 3.10. The highest BCUT2D eigenvalue weighted by atomic mass is 19.1. The van der Waals surface area contributed by atoms with Crippen LogP contribution in [0.15, 0.2) is 66.7 Å². The number of carboxylic acid groups (broad SMARTS) is 1. The lowest BCUT2D eigenvalue weighted by atomic mass is 9.98. The van der Waals surface area contributed by atoms with Crippen LogP contribution in [0.25, 0.3) is 11.1 Å². The predicted octanol–water partition coefficient (Wildman–Crippen LogP) is 3.69. The minimum Gasteiger partial charge on any atom is -0.489 e.